The fraction of sp³-hybridized carbons (Fsp3) is 0.273. The number of amides is 1. The van der Waals surface area contributed by atoms with Crippen LogP contribution in [0.1, 0.15) is 35.5 Å². The molecule has 1 aliphatic rings. The third-order valence-corrected chi connectivity index (χ3v) is 8.63. The molecule has 0 aliphatic carbocycles. The van der Waals surface area contributed by atoms with Crippen LogP contribution >= 0.6 is 0 Å². The number of hydrogen-bond donors (Lipinski definition) is 1. The lowest BCUT2D eigenvalue weighted by Gasteiger charge is -2.18. The molecule has 0 bridgehead atoms. The number of carbonyl (C=O) groups is 1. The fourth-order valence-corrected chi connectivity index (χ4v) is 6.41. The molecule has 1 aliphatic heterocycles. The van der Waals surface area contributed by atoms with Crippen LogP contribution in [0.3, 0.4) is 0 Å². The number of fused-ring (bicyclic) bond motifs is 1. The number of anilines is 1. The van der Waals surface area contributed by atoms with Crippen LogP contribution in [-0.4, -0.2) is 45.7 Å². The number of aromatic nitrogens is 2. The molecule has 0 spiro atoms. The maximum Gasteiger partial charge on any atom is 0.256 e. The molecule has 8 nitrogen and oxygen atoms in total. The van der Waals surface area contributed by atoms with Crippen LogP contribution in [0.2, 0.25) is 0 Å². The van der Waals surface area contributed by atoms with Crippen LogP contribution < -0.4 is 5.32 Å². The molecule has 3 aromatic rings. The molecule has 0 saturated carbocycles. The molecule has 1 N–H and O–H groups in total. The first-order valence-electron chi connectivity index (χ1n) is 10.3. The van der Waals surface area contributed by atoms with Crippen molar-refractivity contribution in [2.24, 2.45) is 0 Å². The van der Waals surface area contributed by atoms with Gasteiger partial charge in [-0.05, 0) is 36.4 Å². The van der Waals surface area contributed by atoms with Gasteiger partial charge in [-0.1, -0.05) is 32.0 Å². The van der Waals surface area contributed by atoms with E-state index < -0.39 is 26.7 Å². The molecular weight excluding hydrogens is 448 g/mol. The van der Waals surface area contributed by atoms with E-state index in [0.717, 1.165) is 11.3 Å². The van der Waals surface area contributed by atoms with Gasteiger partial charge in [0.15, 0.2) is 0 Å². The average Bonchev–Trinajstić information content (AvgIpc) is 3.32. The summed E-state index contributed by atoms with van der Waals surface area (Å²) < 4.78 is 40.4. The minimum absolute atomic E-state index is 0.142. The lowest BCUT2D eigenvalue weighted by Crippen LogP contribution is -2.30. The summed E-state index contributed by atoms with van der Waals surface area (Å²) in [4.78, 5) is 13.1. The second kappa shape index (κ2) is 8.97. The van der Waals surface area contributed by atoms with Crippen LogP contribution in [0, 0.1) is 0 Å². The summed E-state index contributed by atoms with van der Waals surface area (Å²) in [7, 11) is -4.64. The number of para-hydroxylation sites is 1. The first kappa shape index (κ1) is 22.4. The number of carbonyl (C=O) groups excluding carboxylic acids is 1. The molecule has 10 heteroatoms. The van der Waals surface area contributed by atoms with Crippen molar-refractivity contribution in [2.75, 3.05) is 18.4 Å². The third-order valence-electron chi connectivity index (χ3n) is 5.36. The Labute approximate surface area is 189 Å². The maximum atomic E-state index is 13.0. The molecule has 4 rings (SSSR count). The van der Waals surface area contributed by atoms with Gasteiger partial charge in [-0.2, -0.15) is 9.40 Å². The minimum Gasteiger partial charge on any atom is -0.306 e. The first-order chi connectivity index (χ1) is 15.3. The zero-order chi connectivity index (χ0) is 22.9. The highest BCUT2D eigenvalue weighted by Gasteiger charge is 2.29. The number of rotatable bonds is 7. The van der Waals surface area contributed by atoms with E-state index in [-0.39, 0.29) is 4.90 Å². The highest BCUT2D eigenvalue weighted by atomic mass is 32.2. The lowest BCUT2D eigenvalue weighted by atomic mass is 10.2. The largest absolute Gasteiger partial charge is 0.306 e. The maximum absolute atomic E-state index is 13.0. The first-order valence-corrected chi connectivity index (χ1v) is 13.2. The summed E-state index contributed by atoms with van der Waals surface area (Å²) in [6.45, 7) is 4.31. The second-order valence-corrected chi connectivity index (χ2v) is 10.7. The molecule has 0 fully saturated rings. The van der Waals surface area contributed by atoms with Gasteiger partial charge in [0.05, 0.1) is 27.8 Å². The smallest absolute Gasteiger partial charge is 0.256 e. The number of nitrogens with one attached hydrogen (secondary N) is 1. The van der Waals surface area contributed by atoms with Gasteiger partial charge in [0.1, 0.15) is 5.82 Å². The predicted octanol–water partition coefficient (Wildman–Crippen LogP) is 2.92. The zero-order valence-electron chi connectivity index (χ0n) is 17.8. The van der Waals surface area contributed by atoms with Gasteiger partial charge in [0, 0.05) is 35.0 Å². The van der Waals surface area contributed by atoms with Crippen molar-refractivity contribution in [3.05, 3.63) is 71.4 Å². The SMILES string of the molecule is CCN(CC)S(=O)(=O)c1ccc(C(=O)Nc2c3c(nn2-c2ccccc2)CS(=O)C3)cc1. The van der Waals surface area contributed by atoms with Crippen molar-refractivity contribution in [2.45, 2.75) is 30.2 Å². The Kier molecular flexibility index (Phi) is 6.27. The average molecular weight is 473 g/mol. The predicted molar refractivity (Wildman–Crippen MR) is 124 cm³/mol. The van der Waals surface area contributed by atoms with Gasteiger partial charge in [0.2, 0.25) is 10.0 Å². The van der Waals surface area contributed by atoms with Crippen molar-refractivity contribution in [3.63, 3.8) is 0 Å². The Morgan fingerprint density at radius 1 is 1.06 bits per heavy atom. The standard InChI is InChI=1S/C22H24N4O4S2/c1-3-25(4-2)32(29,30)18-12-10-16(11-13-18)22(27)23-21-19-14-31(28)15-20(19)24-26(21)17-8-6-5-7-9-17/h5-13H,3-4,14-15H2,1-2H3,(H,23,27). The van der Waals surface area contributed by atoms with E-state index in [9.17, 15) is 17.4 Å². The van der Waals surface area contributed by atoms with Crippen LogP contribution in [-0.2, 0) is 32.3 Å². The highest BCUT2D eigenvalue weighted by Crippen LogP contribution is 2.31. The van der Waals surface area contributed by atoms with Crippen molar-refractivity contribution in [1.29, 1.82) is 0 Å². The highest BCUT2D eigenvalue weighted by molar-refractivity contribution is 7.89. The Morgan fingerprint density at radius 2 is 1.72 bits per heavy atom. The molecule has 1 unspecified atom stereocenters. The monoisotopic (exact) mass is 472 g/mol. The molecule has 2 aromatic carbocycles. The molecule has 2 heterocycles. The van der Waals surface area contributed by atoms with Crippen LogP contribution in [0.25, 0.3) is 5.69 Å². The third kappa shape index (κ3) is 4.13. The van der Waals surface area contributed by atoms with Gasteiger partial charge in [-0.15, -0.1) is 0 Å². The van der Waals surface area contributed by atoms with Gasteiger partial charge in [0.25, 0.3) is 5.91 Å². The summed E-state index contributed by atoms with van der Waals surface area (Å²) in [5.41, 5.74) is 2.57. The second-order valence-electron chi connectivity index (χ2n) is 7.32. The molecule has 32 heavy (non-hydrogen) atoms. The quantitative estimate of drug-likeness (QED) is 0.570. The van der Waals surface area contributed by atoms with Crippen molar-refractivity contribution >= 4 is 32.5 Å². The van der Waals surface area contributed by atoms with E-state index in [2.05, 4.69) is 10.4 Å². The van der Waals surface area contributed by atoms with Gasteiger partial charge < -0.3 is 5.32 Å². The van der Waals surface area contributed by atoms with E-state index in [4.69, 9.17) is 0 Å². The van der Waals surface area contributed by atoms with Gasteiger partial charge in [-0.3, -0.25) is 9.00 Å². The van der Waals surface area contributed by atoms with Crippen LogP contribution in [0.5, 0.6) is 0 Å². The summed E-state index contributed by atoms with van der Waals surface area (Å²) in [5.74, 6) is 0.783. The van der Waals surface area contributed by atoms with Crippen molar-refractivity contribution in [3.8, 4) is 5.69 Å². The van der Waals surface area contributed by atoms with E-state index in [0.29, 0.717) is 41.7 Å². The number of benzene rings is 2. The zero-order valence-corrected chi connectivity index (χ0v) is 19.4. The molecule has 1 atom stereocenters. The van der Waals surface area contributed by atoms with Crippen LogP contribution in [0.15, 0.2) is 59.5 Å². The number of nitrogens with zero attached hydrogens (tertiary/aromatic N) is 3. The Hall–Kier alpha value is -2.82. The number of sulfonamides is 1. The fourth-order valence-electron chi connectivity index (χ4n) is 3.68. The normalized spacial score (nSPS) is 15.7. The summed E-state index contributed by atoms with van der Waals surface area (Å²) in [5, 5.41) is 7.46. The van der Waals surface area contributed by atoms with E-state index in [1.807, 2.05) is 30.3 Å². The topological polar surface area (TPSA) is 101 Å². The molecular formula is C22H24N4O4S2. The minimum atomic E-state index is -3.60. The number of hydrogen-bond acceptors (Lipinski definition) is 5. The Balaban J connectivity index is 1.63. The molecule has 1 amide bonds. The van der Waals surface area contributed by atoms with Crippen molar-refractivity contribution in [1.82, 2.24) is 14.1 Å². The molecule has 1 aromatic heterocycles. The summed E-state index contributed by atoms with van der Waals surface area (Å²) in [6, 6.07) is 15.3. The van der Waals surface area contributed by atoms with Crippen molar-refractivity contribution < 1.29 is 17.4 Å². The van der Waals surface area contributed by atoms with Gasteiger partial charge in [-0.25, -0.2) is 13.1 Å². The summed E-state index contributed by atoms with van der Waals surface area (Å²) in [6.07, 6.45) is 0. The van der Waals surface area contributed by atoms with E-state index in [1.54, 1.807) is 18.5 Å². The summed E-state index contributed by atoms with van der Waals surface area (Å²) >= 11 is 0. The lowest BCUT2D eigenvalue weighted by molar-refractivity contribution is 0.102. The van der Waals surface area contributed by atoms with Crippen LogP contribution in [0.4, 0.5) is 5.82 Å². The van der Waals surface area contributed by atoms with E-state index >= 15 is 0 Å². The van der Waals surface area contributed by atoms with E-state index in [1.165, 1.54) is 28.6 Å². The van der Waals surface area contributed by atoms with Gasteiger partial charge >= 0.3 is 0 Å². The Morgan fingerprint density at radius 3 is 2.34 bits per heavy atom. The molecule has 0 radical (unpaired) electrons. The Bertz CT molecular complexity index is 1270. The molecule has 0 saturated heterocycles. The molecule has 168 valence electrons.